The van der Waals surface area contributed by atoms with Crippen LogP contribution in [0, 0.1) is 5.41 Å². The van der Waals surface area contributed by atoms with Gasteiger partial charge in [0.15, 0.2) is 0 Å². The molecule has 2 heteroatoms. The smallest absolute Gasteiger partial charge is 0.0697 e. The SMILES string of the molecule is CC1(C)CCC(NC2CCOC3(CCCCC3)C2)CC1. The van der Waals surface area contributed by atoms with E-state index in [1.54, 1.807) is 0 Å². The van der Waals surface area contributed by atoms with Crippen LogP contribution in [0.25, 0.3) is 0 Å². The molecule has 3 aliphatic rings. The molecule has 0 aromatic carbocycles. The van der Waals surface area contributed by atoms with Gasteiger partial charge < -0.3 is 10.1 Å². The first-order chi connectivity index (χ1) is 9.57. The second kappa shape index (κ2) is 5.96. The van der Waals surface area contributed by atoms with Crippen molar-refractivity contribution in [2.75, 3.05) is 6.61 Å². The van der Waals surface area contributed by atoms with Crippen LogP contribution in [0.3, 0.4) is 0 Å². The minimum Gasteiger partial charge on any atom is -0.375 e. The molecule has 0 aromatic heterocycles. The van der Waals surface area contributed by atoms with Gasteiger partial charge in [-0.05, 0) is 56.8 Å². The highest BCUT2D eigenvalue weighted by atomic mass is 16.5. The van der Waals surface area contributed by atoms with Crippen molar-refractivity contribution in [3.63, 3.8) is 0 Å². The topological polar surface area (TPSA) is 21.3 Å². The van der Waals surface area contributed by atoms with Crippen LogP contribution in [0.1, 0.15) is 84.5 Å². The molecule has 3 rings (SSSR count). The second-order valence-electron chi connectivity index (χ2n) is 8.39. The molecule has 1 spiro atoms. The summed E-state index contributed by atoms with van der Waals surface area (Å²) in [6, 6.07) is 1.49. The zero-order chi connectivity index (χ0) is 14.1. The van der Waals surface area contributed by atoms with Crippen LogP contribution in [0.5, 0.6) is 0 Å². The maximum Gasteiger partial charge on any atom is 0.0697 e. The van der Waals surface area contributed by atoms with Gasteiger partial charge in [0.25, 0.3) is 0 Å². The fourth-order valence-corrected chi connectivity index (χ4v) is 4.61. The summed E-state index contributed by atoms with van der Waals surface area (Å²) in [7, 11) is 0. The highest BCUT2D eigenvalue weighted by molar-refractivity contribution is 4.94. The molecule has 116 valence electrons. The van der Waals surface area contributed by atoms with Gasteiger partial charge in [-0.2, -0.15) is 0 Å². The van der Waals surface area contributed by atoms with Crippen LogP contribution in [-0.2, 0) is 4.74 Å². The molecular formula is C18H33NO. The molecule has 0 aromatic rings. The predicted molar refractivity (Wildman–Crippen MR) is 84.0 cm³/mol. The van der Waals surface area contributed by atoms with Gasteiger partial charge in [0, 0.05) is 18.7 Å². The summed E-state index contributed by atoms with van der Waals surface area (Å²) >= 11 is 0. The third kappa shape index (κ3) is 3.57. The Morgan fingerprint density at radius 1 is 0.850 bits per heavy atom. The lowest BCUT2D eigenvalue weighted by Gasteiger charge is -2.45. The van der Waals surface area contributed by atoms with Crippen molar-refractivity contribution in [3.8, 4) is 0 Å². The van der Waals surface area contributed by atoms with E-state index in [1.165, 1.54) is 70.6 Å². The van der Waals surface area contributed by atoms with E-state index in [4.69, 9.17) is 4.74 Å². The Morgan fingerprint density at radius 2 is 1.55 bits per heavy atom. The number of ether oxygens (including phenoxy) is 1. The summed E-state index contributed by atoms with van der Waals surface area (Å²) < 4.78 is 6.22. The molecular weight excluding hydrogens is 246 g/mol. The predicted octanol–water partition coefficient (Wildman–Crippen LogP) is 4.43. The van der Waals surface area contributed by atoms with Crippen LogP contribution in [-0.4, -0.2) is 24.3 Å². The zero-order valence-corrected chi connectivity index (χ0v) is 13.5. The number of rotatable bonds is 2. The molecule has 2 saturated carbocycles. The first-order valence-corrected chi connectivity index (χ1v) is 8.97. The van der Waals surface area contributed by atoms with Gasteiger partial charge in [0.1, 0.15) is 0 Å². The summed E-state index contributed by atoms with van der Waals surface area (Å²) in [6.45, 7) is 5.83. The molecule has 1 N–H and O–H groups in total. The first kappa shape index (κ1) is 14.8. The second-order valence-corrected chi connectivity index (χ2v) is 8.39. The lowest BCUT2D eigenvalue weighted by molar-refractivity contribution is -0.110. The summed E-state index contributed by atoms with van der Waals surface area (Å²) in [5.74, 6) is 0. The summed E-state index contributed by atoms with van der Waals surface area (Å²) in [6.07, 6.45) is 14.8. The van der Waals surface area contributed by atoms with Gasteiger partial charge in [-0.15, -0.1) is 0 Å². The van der Waals surface area contributed by atoms with Gasteiger partial charge in [0.05, 0.1) is 5.60 Å². The lowest BCUT2D eigenvalue weighted by Crippen LogP contribution is -2.51. The standard InChI is InChI=1S/C18H33NO/c1-17(2)11-6-15(7-12-17)19-16-8-13-20-18(14-16)9-4-3-5-10-18/h15-16,19H,3-14H2,1-2H3. The Balaban J connectivity index is 1.50. The van der Waals surface area contributed by atoms with E-state index in [1.807, 2.05) is 0 Å². The highest BCUT2D eigenvalue weighted by Gasteiger charge is 2.39. The summed E-state index contributed by atoms with van der Waals surface area (Å²) in [4.78, 5) is 0. The van der Waals surface area contributed by atoms with Crippen molar-refractivity contribution in [3.05, 3.63) is 0 Å². The Morgan fingerprint density at radius 3 is 2.25 bits per heavy atom. The molecule has 0 bridgehead atoms. The Bertz CT molecular complexity index is 304. The van der Waals surface area contributed by atoms with E-state index in [9.17, 15) is 0 Å². The van der Waals surface area contributed by atoms with E-state index < -0.39 is 0 Å². The third-order valence-corrected chi connectivity index (χ3v) is 6.07. The van der Waals surface area contributed by atoms with Gasteiger partial charge >= 0.3 is 0 Å². The average molecular weight is 279 g/mol. The molecule has 1 heterocycles. The van der Waals surface area contributed by atoms with E-state index >= 15 is 0 Å². The molecule has 0 radical (unpaired) electrons. The molecule has 20 heavy (non-hydrogen) atoms. The normalized spacial score (nSPS) is 34.2. The summed E-state index contributed by atoms with van der Waals surface area (Å²) in [5.41, 5.74) is 0.834. The molecule has 1 aliphatic heterocycles. The van der Waals surface area contributed by atoms with Gasteiger partial charge in [-0.1, -0.05) is 33.1 Å². The monoisotopic (exact) mass is 279 g/mol. The molecule has 1 unspecified atom stereocenters. The van der Waals surface area contributed by atoms with E-state index in [0.717, 1.165) is 12.6 Å². The molecule has 2 aliphatic carbocycles. The number of nitrogens with one attached hydrogen (secondary N) is 1. The zero-order valence-electron chi connectivity index (χ0n) is 13.5. The Hall–Kier alpha value is -0.0800. The molecule has 2 nitrogen and oxygen atoms in total. The molecule has 0 amide bonds. The fraction of sp³-hybridized carbons (Fsp3) is 1.00. The van der Waals surface area contributed by atoms with Crippen molar-refractivity contribution in [2.45, 2.75) is 102 Å². The van der Waals surface area contributed by atoms with Gasteiger partial charge in [0.2, 0.25) is 0 Å². The average Bonchev–Trinajstić information content (AvgIpc) is 2.42. The lowest BCUT2D eigenvalue weighted by atomic mass is 9.74. The maximum absolute atomic E-state index is 6.22. The van der Waals surface area contributed by atoms with Crippen LogP contribution < -0.4 is 5.32 Å². The van der Waals surface area contributed by atoms with Crippen LogP contribution in [0.15, 0.2) is 0 Å². The van der Waals surface area contributed by atoms with E-state index in [2.05, 4.69) is 19.2 Å². The van der Waals surface area contributed by atoms with Gasteiger partial charge in [-0.25, -0.2) is 0 Å². The minimum atomic E-state index is 0.252. The highest BCUT2D eigenvalue weighted by Crippen LogP contribution is 2.40. The van der Waals surface area contributed by atoms with Crippen molar-refractivity contribution >= 4 is 0 Å². The number of hydrogen-bond acceptors (Lipinski definition) is 2. The van der Waals surface area contributed by atoms with E-state index in [-0.39, 0.29) is 5.60 Å². The van der Waals surface area contributed by atoms with Crippen LogP contribution in [0.2, 0.25) is 0 Å². The maximum atomic E-state index is 6.22. The molecule has 1 saturated heterocycles. The quantitative estimate of drug-likeness (QED) is 0.807. The molecule has 1 atom stereocenters. The van der Waals surface area contributed by atoms with Crippen molar-refractivity contribution in [2.24, 2.45) is 5.41 Å². The minimum absolute atomic E-state index is 0.252. The fourth-order valence-electron chi connectivity index (χ4n) is 4.61. The number of hydrogen-bond donors (Lipinski definition) is 1. The first-order valence-electron chi connectivity index (χ1n) is 8.97. The van der Waals surface area contributed by atoms with Crippen molar-refractivity contribution < 1.29 is 4.74 Å². The van der Waals surface area contributed by atoms with Crippen LogP contribution >= 0.6 is 0 Å². The summed E-state index contributed by atoms with van der Waals surface area (Å²) in [5, 5.41) is 3.99. The van der Waals surface area contributed by atoms with Crippen molar-refractivity contribution in [1.82, 2.24) is 5.32 Å². The van der Waals surface area contributed by atoms with E-state index in [0.29, 0.717) is 11.5 Å². The molecule has 3 fully saturated rings. The Kier molecular flexibility index (Phi) is 4.42. The largest absolute Gasteiger partial charge is 0.375 e. The third-order valence-electron chi connectivity index (χ3n) is 6.07. The van der Waals surface area contributed by atoms with Crippen molar-refractivity contribution in [1.29, 1.82) is 0 Å². The Labute approximate surface area is 125 Å². The van der Waals surface area contributed by atoms with Crippen LogP contribution in [0.4, 0.5) is 0 Å². The van der Waals surface area contributed by atoms with Gasteiger partial charge in [-0.3, -0.25) is 0 Å².